The molecule has 0 saturated carbocycles. The van der Waals surface area contributed by atoms with Gasteiger partial charge in [-0.3, -0.25) is 4.79 Å². The molecule has 1 amide bonds. The maximum Gasteiger partial charge on any atom is 0.225 e. The number of anilines is 1. The number of rotatable bonds is 3. The molecule has 0 radical (unpaired) electrons. The van der Waals surface area contributed by atoms with Crippen LogP contribution in [0.4, 0.5) is 5.95 Å². The van der Waals surface area contributed by atoms with Crippen molar-refractivity contribution in [2.24, 2.45) is 5.73 Å². The fourth-order valence-electron chi connectivity index (χ4n) is 2.15. The van der Waals surface area contributed by atoms with Gasteiger partial charge in [0, 0.05) is 31.4 Å². The summed E-state index contributed by atoms with van der Waals surface area (Å²) in [6.45, 7) is 0.905. The molecule has 1 atom stereocenters. The molecule has 0 bridgehead atoms. The van der Waals surface area contributed by atoms with Gasteiger partial charge in [0.05, 0.1) is 0 Å². The van der Waals surface area contributed by atoms with Gasteiger partial charge in [0.15, 0.2) is 0 Å². The number of piperidine rings is 1. The lowest BCUT2D eigenvalue weighted by atomic mass is 9.99. The van der Waals surface area contributed by atoms with Gasteiger partial charge in [-0.1, -0.05) is 0 Å². The first kappa shape index (κ1) is 10.9. The first-order valence-corrected chi connectivity index (χ1v) is 5.59. The largest absolute Gasteiger partial charge is 0.370 e. The highest BCUT2D eigenvalue weighted by Gasteiger charge is 2.25. The zero-order chi connectivity index (χ0) is 11.4. The Kier molecular flexibility index (Phi) is 3.34. The van der Waals surface area contributed by atoms with E-state index in [1.54, 1.807) is 18.5 Å². The molecule has 2 N–H and O–H groups in total. The maximum absolute atomic E-state index is 11.0. The number of hydrogen-bond donors (Lipinski definition) is 1. The van der Waals surface area contributed by atoms with Crippen molar-refractivity contribution in [3.05, 3.63) is 18.5 Å². The molecular weight excluding hydrogens is 204 g/mol. The van der Waals surface area contributed by atoms with E-state index in [9.17, 15) is 4.79 Å². The summed E-state index contributed by atoms with van der Waals surface area (Å²) in [5, 5.41) is 0. The standard InChI is InChI=1S/C11H16N4O/c12-10(16)8-9-4-1-2-7-15(9)11-13-5-3-6-14-11/h3,5-6,9H,1-2,4,7-8H2,(H2,12,16)/t9-/m0/s1. The summed E-state index contributed by atoms with van der Waals surface area (Å²) in [5.74, 6) is 0.446. The summed E-state index contributed by atoms with van der Waals surface area (Å²) >= 11 is 0. The number of nitrogens with two attached hydrogens (primary N) is 1. The molecule has 0 aromatic carbocycles. The molecule has 86 valence electrons. The average molecular weight is 220 g/mol. The number of carbonyl (C=O) groups is 1. The average Bonchev–Trinajstić information content (AvgIpc) is 2.30. The molecular formula is C11H16N4O. The van der Waals surface area contributed by atoms with Crippen molar-refractivity contribution < 1.29 is 4.79 Å². The van der Waals surface area contributed by atoms with E-state index in [1.165, 1.54) is 0 Å². The fraction of sp³-hybridized carbons (Fsp3) is 0.545. The Morgan fingerprint density at radius 2 is 2.19 bits per heavy atom. The lowest BCUT2D eigenvalue weighted by molar-refractivity contribution is -0.118. The summed E-state index contributed by atoms with van der Waals surface area (Å²) in [6, 6.07) is 1.95. The van der Waals surface area contributed by atoms with Gasteiger partial charge < -0.3 is 10.6 Å². The van der Waals surface area contributed by atoms with Crippen LogP contribution in [-0.2, 0) is 4.79 Å². The van der Waals surface area contributed by atoms with Crippen LogP contribution in [0.15, 0.2) is 18.5 Å². The van der Waals surface area contributed by atoms with Crippen LogP contribution < -0.4 is 10.6 Å². The van der Waals surface area contributed by atoms with Crippen molar-refractivity contribution >= 4 is 11.9 Å². The summed E-state index contributed by atoms with van der Waals surface area (Å²) < 4.78 is 0. The third-order valence-electron chi connectivity index (χ3n) is 2.87. The molecule has 0 unspecified atom stereocenters. The van der Waals surface area contributed by atoms with Crippen LogP contribution >= 0.6 is 0 Å². The monoisotopic (exact) mass is 220 g/mol. The Bertz CT molecular complexity index is 354. The molecule has 0 aliphatic carbocycles. The van der Waals surface area contributed by atoms with E-state index < -0.39 is 0 Å². The summed E-state index contributed by atoms with van der Waals surface area (Å²) in [4.78, 5) is 21.5. The first-order valence-electron chi connectivity index (χ1n) is 5.59. The number of primary amides is 1. The van der Waals surface area contributed by atoms with Crippen molar-refractivity contribution in [3.63, 3.8) is 0 Å². The lowest BCUT2D eigenvalue weighted by Crippen LogP contribution is -2.42. The quantitative estimate of drug-likeness (QED) is 0.814. The highest BCUT2D eigenvalue weighted by atomic mass is 16.1. The Hall–Kier alpha value is -1.65. The second-order valence-corrected chi connectivity index (χ2v) is 4.06. The van der Waals surface area contributed by atoms with Crippen molar-refractivity contribution in [1.29, 1.82) is 0 Å². The van der Waals surface area contributed by atoms with Gasteiger partial charge in [0.1, 0.15) is 0 Å². The fourth-order valence-corrected chi connectivity index (χ4v) is 2.15. The predicted octanol–water partition coefficient (Wildman–Crippen LogP) is 0.711. The van der Waals surface area contributed by atoms with E-state index in [4.69, 9.17) is 5.73 Å². The van der Waals surface area contributed by atoms with Gasteiger partial charge in [-0.15, -0.1) is 0 Å². The highest BCUT2D eigenvalue weighted by Crippen LogP contribution is 2.22. The third kappa shape index (κ3) is 2.48. The second-order valence-electron chi connectivity index (χ2n) is 4.06. The first-order chi connectivity index (χ1) is 7.77. The Morgan fingerprint density at radius 1 is 1.44 bits per heavy atom. The normalized spacial score (nSPS) is 20.8. The van der Waals surface area contributed by atoms with E-state index in [-0.39, 0.29) is 11.9 Å². The number of amides is 1. The van der Waals surface area contributed by atoms with Crippen LogP contribution in [0.3, 0.4) is 0 Å². The minimum Gasteiger partial charge on any atom is -0.370 e. The predicted molar refractivity (Wildman–Crippen MR) is 60.8 cm³/mol. The zero-order valence-corrected chi connectivity index (χ0v) is 9.17. The molecule has 5 nitrogen and oxygen atoms in total. The van der Waals surface area contributed by atoms with Crippen LogP contribution in [0.25, 0.3) is 0 Å². The van der Waals surface area contributed by atoms with Gasteiger partial charge in [-0.2, -0.15) is 0 Å². The van der Waals surface area contributed by atoms with Crippen LogP contribution in [0.5, 0.6) is 0 Å². The summed E-state index contributed by atoms with van der Waals surface area (Å²) in [5.41, 5.74) is 5.26. The lowest BCUT2D eigenvalue weighted by Gasteiger charge is -2.35. The van der Waals surface area contributed by atoms with Gasteiger partial charge in [-0.25, -0.2) is 9.97 Å². The molecule has 1 saturated heterocycles. The van der Waals surface area contributed by atoms with Crippen LogP contribution in [0, 0.1) is 0 Å². The van der Waals surface area contributed by atoms with E-state index in [0.717, 1.165) is 25.8 Å². The van der Waals surface area contributed by atoms with Crippen LogP contribution in [0.2, 0.25) is 0 Å². The van der Waals surface area contributed by atoms with Gasteiger partial charge >= 0.3 is 0 Å². The Morgan fingerprint density at radius 3 is 2.88 bits per heavy atom. The number of aromatic nitrogens is 2. The summed E-state index contributed by atoms with van der Waals surface area (Å²) in [7, 11) is 0. The van der Waals surface area contributed by atoms with E-state index >= 15 is 0 Å². The number of carbonyl (C=O) groups excluding carboxylic acids is 1. The van der Waals surface area contributed by atoms with Crippen molar-refractivity contribution in [2.75, 3.05) is 11.4 Å². The minimum absolute atomic E-state index is 0.161. The molecule has 16 heavy (non-hydrogen) atoms. The molecule has 5 heteroatoms. The SMILES string of the molecule is NC(=O)C[C@@H]1CCCCN1c1ncccn1. The van der Waals surface area contributed by atoms with E-state index in [1.807, 2.05) is 0 Å². The molecule has 2 heterocycles. The molecule has 1 aromatic heterocycles. The second kappa shape index (κ2) is 4.92. The van der Waals surface area contributed by atoms with Crippen molar-refractivity contribution in [1.82, 2.24) is 9.97 Å². The molecule has 1 aliphatic rings. The summed E-state index contributed by atoms with van der Waals surface area (Å²) in [6.07, 6.45) is 7.07. The molecule has 1 fully saturated rings. The van der Waals surface area contributed by atoms with Gasteiger partial charge in [0.2, 0.25) is 11.9 Å². The molecule has 0 spiro atoms. The third-order valence-corrected chi connectivity index (χ3v) is 2.87. The minimum atomic E-state index is -0.257. The van der Waals surface area contributed by atoms with Gasteiger partial charge in [0.25, 0.3) is 0 Å². The zero-order valence-electron chi connectivity index (χ0n) is 9.17. The Labute approximate surface area is 94.7 Å². The van der Waals surface area contributed by atoms with Crippen molar-refractivity contribution in [2.45, 2.75) is 31.7 Å². The van der Waals surface area contributed by atoms with E-state index in [0.29, 0.717) is 12.4 Å². The van der Waals surface area contributed by atoms with E-state index in [2.05, 4.69) is 14.9 Å². The van der Waals surface area contributed by atoms with Gasteiger partial charge in [-0.05, 0) is 25.3 Å². The highest BCUT2D eigenvalue weighted by molar-refractivity contribution is 5.75. The topological polar surface area (TPSA) is 72.1 Å². The van der Waals surface area contributed by atoms with Crippen LogP contribution in [-0.4, -0.2) is 28.5 Å². The smallest absolute Gasteiger partial charge is 0.225 e. The number of hydrogen-bond acceptors (Lipinski definition) is 4. The molecule has 1 aromatic rings. The maximum atomic E-state index is 11.0. The Balaban J connectivity index is 2.13. The number of nitrogens with zero attached hydrogens (tertiary/aromatic N) is 3. The molecule has 1 aliphatic heterocycles. The molecule has 2 rings (SSSR count). The van der Waals surface area contributed by atoms with Crippen LogP contribution in [0.1, 0.15) is 25.7 Å². The van der Waals surface area contributed by atoms with Crippen molar-refractivity contribution in [3.8, 4) is 0 Å².